The molecule has 0 aromatic heterocycles. The second-order valence-electron chi connectivity index (χ2n) is 6.93. The van der Waals surface area contributed by atoms with Crippen molar-refractivity contribution in [1.82, 2.24) is 10.2 Å². The van der Waals surface area contributed by atoms with E-state index in [2.05, 4.69) is 12.2 Å². The third kappa shape index (κ3) is 4.32. The third-order valence-electron chi connectivity index (χ3n) is 5.00. The number of carbonyl (C=O) groups is 1. The zero-order valence-electron chi connectivity index (χ0n) is 15.4. The molecule has 6 nitrogen and oxygen atoms in total. The molecule has 0 saturated carbocycles. The first kappa shape index (κ1) is 21.0. The summed E-state index contributed by atoms with van der Waals surface area (Å²) in [7, 11) is -3.28. The molecule has 1 N–H and O–H groups in total. The summed E-state index contributed by atoms with van der Waals surface area (Å²) in [6, 6.07) is 5.70. The molecule has 1 unspecified atom stereocenters. The molecule has 0 bridgehead atoms. The highest BCUT2D eigenvalue weighted by atomic mass is 35.5. The number of halogens is 1. The van der Waals surface area contributed by atoms with Crippen LogP contribution in [0.4, 0.5) is 5.69 Å². The first-order valence-electron chi connectivity index (χ1n) is 9.04. The first-order chi connectivity index (χ1) is 11.9. The summed E-state index contributed by atoms with van der Waals surface area (Å²) in [5, 5.41) is 3.32. The zero-order chi connectivity index (χ0) is 18.0. The predicted molar refractivity (Wildman–Crippen MR) is 107 cm³/mol. The summed E-state index contributed by atoms with van der Waals surface area (Å²) in [5.74, 6) is 0.0508. The van der Waals surface area contributed by atoms with Crippen LogP contribution >= 0.6 is 12.4 Å². The summed E-state index contributed by atoms with van der Waals surface area (Å²) in [4.78, 5) is 15.0. The SMILES string of the molecule is CCCN(C(=O)c1ccc2c(c1)CCCN2S(C)(=O)=O)C1CCNC1.Cl. The molecule has 1 fully saturated rings. The lowest BCUT2D eigenvalue weighted by Crippen LogP contribution is -2.42. The number of carbonyl (C=O) groups excluding carboxylic acids is 1. The number of anilines is 1. The molecular formula is C18H28ClN3O3S. The van der Waals surface area contributed by atoms with Crippen molar-refractivity contribution in [3.05, 3.63) is 29.3 Å². The van der Waals surface area contributed by atoms with Crippen LogP contribution in [0.15, 0.2) is 18.2 Å². The quantitative estimate of drug-likeness (QED) is 0.819. The highest BCUT2D eigenvalue weighted by Gasteiger charge is 2.29. The van der Waals surface area contributed by atoms with E-state index in [4.69, 9.17) is 0 Å². The Morgan fingerprint density at radius 3 is 2.77 bits per heavy atom. The maximum absolute atomic E-state index is 13.1. The van der Waals surface area contributed by atoms with Gasteiger partial charge in [0.25, 0.3) is 5.91 Å². The summed E-state index contributed by atoms with van der Waals surface area (Å²) >= 11 is 0. The molecule has 1 atom stereocenters. The fraction of sp³-hybridized carbons (Fsp3) is 0.611. The number of hydrogen-bond donors (Lipinski definition) is 1. The Morgan fingerprint density at radius 2 is 2.15 bits per heavy atom. The molecule has 26 heavy (non-hydrogen) atoms. The van der Waals surface area contributed by atoms with Gasteiger partial charge in [-0.25, -0.2) is 8.42 Å². The minimum atomic E-state index is -3.28. The lowest BCUT2D eigenvalue weighted by Gasteiger charge is -2.31. The summed E-state index contributed by atoms with van der Waals surface area (Å²) in [5.41, 5.74) is 2.33. The van der Waals surface area contributed by atoms with E-state index in [1.165, 1.54) is 10.6 Å². The van der Waals surface area contributed by atoms with Crippen LogP contribution in [0.3, 0.4) is 0 Å². The third-order valence-corrected chi connectivity index (χ3v) is 6.18. The van der Waals surface area contributed by atoms with Crippen LogP contribution in [0, 0.1) is 0 Å². The van der Waals surface area contributed by atoms with Crippen LogP contribution in [0.25, 0.3) is 0 Å². The van der Waals surface area contributed by atoms with Crippen LogP contribution in [0.5, 0.6) is 0 Å². The molecule has 1 aromatic rings. The Bertz CT molecular complexity index is 748. The molecule has 1 aromatic carbocycles. The standard InChI is InChI=1S/C18H27N3O3S.ClH/c1-3-10-20(16-8-9-19-13-16)18(22)15-6-7-17-14(12-15)5-4-11-21(17)25(2,23)24;/h6-7,12,16,19H,3-5,8-11,13H2,1-2H3;1H. The van der Waals surface area contributed by atoms with Crippen LogP contribution in [0.2, 0.25) is 0 Å². The average molecular weight is 402 g/mol. The van der Waals surface area contributed by atoms with E-state index in [1.54, 1.807) is 12.1 Å². The van der Waals surface area contributed by atoms with E-state index < -0.39 is 10.0 Å². The van der Waals surface area contributed by atoms with Gasteiger partial charge in [-0.05, 0) is 56.0 Å². The molecule has 2 aliphatic rings. The molecule has 1 saturated heterocycles. The van der Waals surface area contributed by atoms with Gasteiger partial charge in [0, 0.05) is 31.2 Å². The number of nitrogens with one attached hydrogen (secondary N) is 1. The van der Waals surface area contributed by atoms with Crippen molar-refractivity contribution in [3.63, 3.8) is 0 Å². The molecule has 2 aliphatic heterocycles. The molecule has 8 heteroatoms. The van der Waals surface area contributed by atoms with Gasteiger partial charge in [-0.1, -0.05) is 6.92 Å². The maximum atomic E-state index is 13.1. The molecule has 0 spiro atoms. The molecule has 3 rings (SSSR count). The van der Waals surface area contributed by atoms with Crippen molar-refractivity contribution in [2.75, 3.05) is 36.7 Å². The van der Waals surface area contributed by atoms with Gasteiger partial charge in [0.15, 0.2) is 0 Å². The smallest absolute Gasteiger partial charge is 0.254 e. The molecular weight excluding hydrogens is 374 g/mol. The van der Waals surface area contributed by atoms with E-state index >= 15 is 0 Å². The number of sulfonamides is 1. The van der Waals surface area contributed by atoms with Crippen LogP contribution in [-0.4, -0.2) is 57.7 Å². The minimum Gasteiger partial charge on any atom is -0.334 e. The van der Waals surface area contributed by atoms with Gasteiger partial charge < -0.3 is 10.2 Å². The van der Waals surface area contributed by atoms with Crippen LogP contribution in [0.1, 0.15) is 42.1 Å². The van der Waals surface area contributed by atoms with E-state index in [1.807, 2.05) is 11.0 Å². The summed E-state index contributed by atoms with van der Waals surface area (Å²) < 4.78 is 25.4. The molecule has 0 aliphatic carbocycles. The van der Waals surface area contributed by atoms with E-state index in [0.717, 1.165) is 56.6 Å². The fourth-order valence-electron chi connectivity index (χ4n) is 3.80. The van der Waals surface area contributed by atoms with E-state index in [-0.39, 0.29) is 24.4 Å². The summed E-state index contributed by atoms with van der Waals surface area (Å²) in [6.07, 6.45) is 4.73. The van der Waals surface area contributed by atoms with Crippen LogP contribution in [-0.2, 0) is 16.4 Å². The number of nitrogens with zero attached hydrogens (tertiary/aromatic N) is 2. The lowest BCUT2D eigenvalue weighted by atomic mass is 10.00. The zero-order valence-corrected chi connectivity index (χ0v) is 17.0. The van der Waals surface area contributed by atoms with Crippen molar-refractivity contribution >= 4 is 34.0 Å². The van der Waals surface area contributed by atoms with Gasteiger partial charge in [0.1, 0.15) is 0 Å². The molecule has 0 radical (unpaired) electrons. The van der Waals surface area contributed by atoms with Crippen molar-refractivity contribution in [2.45, 2.75) is 38.6 Å². The normalized spacial score (nSPS) is 19.6. The van der Waals surface area contributed by atoms with E-state index in [9.17, 15) is 13.2 Å². The number of benzene rings is 1. The predicted octanol–water partition coefficient (Wildman–Crippen LogP) is 2.03. The number of hydrogen-bond acceptors (Lipinski definition) is 4. The monoisotopic (exact) mass is 401 g/mol. The highest BCUT2D eigenvalue weighted by molar-refractivity contribution is 7.92. The van der Waals surface area contributed by atoms with Crippen molar-refractivity contribution in [1.29, 1.82) is 0 Å². The topological polar surface area (TPSA) is 69.7 Å². The summed E-state index contributed by atoms with van der Waals surface area (Å²) in [6.45, 7) is 5.14. The number of amides is 1. The Morgan fingerprint density at radius 1 is 1.38 bits per heavy atom. The highest BCUT2D eigenvalue weighted by Crippen LogP contribution is 2.30. The van der Waals surface area contributed by atoms with Gasteiger partial charge in [-0.3, -0.25) is 9.10 Å². The van der Waals surface area contributed by atoms with Crippen molar-refractivity contribution in [3.8, 4) is 0 Å². The minimum absolute atomic E-state index is 0. The van der Waals surface area contributed by atoms with E-state index in [0.29, 0.717) is 12.1 Å². The Labute approximate surface area is 162 Å². The second-order valence-corrected chi connectivity index (χ2v) is 8.83. The maximum Gasteiger partial charge on any atom is 0.254 e. The fourth-order valence-corrected chi connectivity index (χ4v) is 4.80. The van der Waals surface area contributed by atoms with Crippen molar-refractivity contribution < 1.29 is 13.2 Å². The van der Waals surface area contributed by atoms with Gasteiger partial charge in [-0.2, -0.15) is 0 Å². The number of rotatable bonds is 5. The largest absolute Gasteiger partial charge is 0.334 e. The first-order valence-corrected chi connectivity index (χ1v) is 10.9. The molecule has 2 heterocycles. The molecule has 1 amide bonds. The Balaban J connectivity index is 0.00000243. The number of aryl methyl sites for hydroxylation is 1. The number of fused-ring (bicyclic) bond motifs is 1. The van der Waals surface area contributed by atoms with Gasteiger partial charge in [-0.15, -0.1) is 12.4 Å². The lowest BCUT2D eigenvalue weighted by molar-refractivity contribution is 0.0692. The average Bonchev–Trinajstić information content (AvgIpc) is 3.11. The van der Waals surface area contributed by atoms with Gasteiger partial charge in [0.2, 0.25) is 10.0 Å². The molecule has 146 valence electrons. The van der Waals surface area contributed by atoms with Crippen LogP contribution < -0.4 is 9.62 Å². The van der Waals surface area contributed by atoms with Gasteiger partial charge in [0.05, 0.1) is 11.9 Å². The van der Waals surface area contributed by atoms with Crippen molar-refractivity contribution in [2.24, 2.45) is 0 Å². The second kappa shape index (κ2) is 8.59. The Hall–Kier alpha value is -1.31. The van der Waals surface area contributed by atoms with Gasteiger partial charge >= 0.3 is 0 Å². The Kier molecular flexibility index (Phi) is 6.93.